The third-order valence-corrected chi connectivity index (χ3v) is 7.29. The zero-order chi connectivity index (χ0) is 22.0. The maximum Gasteiger partial charge on any atom is 0.211 e. The second-order valence-corrected chi connectivity index (χ2v) is 9.41. The minimum Gasteiger partial charge on any atom is -0.368 e. The normalized spacial score (nSPS) is 19.0. The van der Waals surface area contributed by atoms with E-state index in [9.17, 15) is 9.18 Å². The molecule has 1 saturated carbocycles. The van der Waals surface area contributed by atoms with E-state index in [1.807, 2.05) is 12.1 Å². The van der Waals surface area contributed by atoms with Gasteiger partial charge in [0.05, 0.1) is 18.4 Å². The van der Waals surface area contributed by atoms with Gasteiger partial charge < -0.3 is 10.2 Å². The van der Waals surface area contributed by atoms with Crippen molar-refractivity contribution in [2.75, 3.05) is 18.4 Å². The monoisotopic (exact) mass is 453 g/mol. The second-order valence-electron chi connectivity index (χ2n) is 8.29. The van der Waals surface area contributed by atoms with Gasteiger partial charge in [0.1, 0.15) is 22.3 Å². The van der Waals surface area contributed by atoms with E-state index in [4.69, 9.17) is 0 Å². The van der Waals surface area contributed by atoms with Gasteiger partial charge in [0.25, 0.3) is 0 Å². The van der Waals surface area contributed by atoms with Crippen molar-refractivity contribution in [1.29, 1.82) is 0 Å². The highest BCUT2D eigenvalue weighted by atomic mass is 32.1. The lowest BCUT2D eigenvalue weighted by atomic mass is 9.66. The quantitative estimate of drug-likeness (QED) is 0.481. The van der Waals surface area contributed by atoms with Crippen LogP contribution >= 0.6 is 11.3 Å². The molecule has 0 unspecified atom stereocenters. The topological polar surface area (TPSA) is 95.9 Å². The molecule has 1 amide bonds. The van der Waals surface area contributed by atoms with E-state index >= 15 is 0 Å². The zero-order valence-electron chi connectivity index (χ0n) is 17.5. The van der Waals surface area contributed by atoms with E-state index < -0.39 is 0 Å². The third kappa shape index (κ3) is 4.07. The lowest BCUT2D eigenvalue weighted by molar-refractivity contribution is -0.123. The van der Waals surface area contributed by atoms with Crippen LogP contribution in [0.2, 0.25) is 0 Å². The summed E-state index contributed by atoms with van der Waals surface area (Å²) >= 11 is 1.50. The van der Waals surface area contributed by atoms with E-state index in [1.54, 1.807) is 23.4 Å². The van der Waals surface area contributed by atoms with Crippen molar-refractivity contribution < 1.29 is 9.18 Å². The Kier molecular flexibility index (Phi) is 5.79. The molecule has 1 aliphatic carbocycles. The smallest absolute Gasteiger partial charge is 0.211 e. The van der Waals surface area contributed by atoms with E-state index in [2.05, 4.69) is 30.8 Å². The van der Waals surface area contributed by atoms with Gasteiger partial charge in [0.15, 0.2) is 0 Å². The van der Waals surface area contributed by atoms with Crippen molar-refractivity contribution >= 4 is 23.6 Å². The summed E-state index contributed by atoms with van der Waals surface area (Å²) in [5.41, 5.74) is 0.913. The average Bonchev–Trinajstić information content (AvgIpc) is 3.21. The van der Waals surface area contributed by atoms with Crippen LogP contribution in [-0.2, 0) is 16.8 Å². The zero-order valence-corrected chi connectivity index (χ0v) is 18.3. The molecular weight excluding hydrogens is 429 g/mol. The summed E-state index contributed by atoms with van der Waals surface area (Å²) in [7, 11) is 0. The van der Waals surface area contributed by atoms with E-state index in [-0.39, 0.29) is 17.4 Å². The Labute approximate surface area is 189 Å². The number of thiazole rings is 1. The Hall–Kier alpha value is -2.98. The van der Waals surface area contributed by atoms with Crippen molar-refractivity contribution in [1.82, 2.24) is 30.4 Å². The second kappa shape index (κ2) is 8.87. The number of pyridine rings is 1. The van der Waals surface area contributed by atoms with Crippen molar-refractivity contribution in [2.24, 2.45) is 0 Å². The molecule has 1 atom stereocenters. The highest BCUT2D eigenvalue weighted by Crippen LogP contribution is 2.43. The van der Waals surface area contributed by atoms with Gasteiger partial charge in [-0.25, -0.2) is 9.37 Å². The summed E-state index contributed by atoms with van der Waals surface area (Å²) in [5.74, 6) is 0.382. The Morgan fingerprint density at radius 1 is 1.28 bits per heavy atom. The van der Waals surface area contributed by atoms with Crippen LogP contribution in [0.1, 0.15) is 36.3 Å². The lowest BCUT2D eigenvalue weighted by Gasteiger charge is -2.41. The number of nitrogens with zero attached hydrogens (tertiary/aromatic N) is 5. The first-order valence-corrected chi connectivity index (χ1v) is 11.6. The number of anilines is 1. The van der Waals surface area contributed by atoms with Crippen LogP contribution in [0.15, 0.2) is 36.7 Å². The van der Waals surface area contributed by atoms with Crippen LogP contribution < -0.4 is 10.6 Å². The van der Waals surface area contributed by atoms with Gasteiger partial charge in [-0.15, -0.1) is 21.5 Å². The number of nitrogens with one attached hydrogen (secondary N) is 2. The molecule has 0 radical (unpaired) electrons. The molecule has 10 heteroatoms. The fraction of sp³-hybridized carbons (Fsp3) is 0.409. The molecule has 2 aliphatic rings. The number of hydrogen-bond donors (Lipinski definition) is 2. The summed E-state index contributed by atoms with van der Waals surface area (Å²) < 4.78 is 14.3. The molecular formula is C22H24FN7OS. The Bertz CT molecular complexity index is 1080. The SMILES string of the molecule is O=CN(Cc1cnc(-c2ccc(NCC3(c4ncccc4F)CCC3)nn2)s1)[C@H]1CCN1. The van der Waals surface area contributed by atoms with Gasteiger partial charge in [-0.2, -0.15) is 0 Å². The standard InChI is InChI=1S/C22H24FN7OS/c23-16-3-1-9-25-20(16)22(7-2-8-22)13-27-18-5-4-17(28-29-18)21-26-11-15(32-21)12-30(14-31)19-6-10-24-19/h1,3-5,9,11,14,19,24H,2,6-8,10,12-13H2,(H,27,29)/t19-/m0/s1. The van der Waals surface area contributed by atoms with Crippen LogP contribution in [0.4, 0.5) is 10.2 Å². The molecule has 0 aromatic carbocycles. The number of carbonyl (C=O) groups excluding carboxylic acids is 1. The predicted octanol–water partition coefficient (Wildman–Crippen LogP) is 2.95. The molecule has 4 heterocycles. The molecule has 3 aromatic heterocycles. The molecule has 2 fully saturated rings. The highest BCUT2D eigenvalue weighted by Gasteiger charge is 2.41. The van der Waals surface area contributed by atoms with Crippen molar-refractivity contribution in [2.45, 2.75) is 43.8 Å². The summed E-state index contributed by atoms with van der Waals surface area (Å²) in [6.45, 7) is 2.03. The molecule has 8 nitrogen and oxygen atoms in total. The first-order valence-electron chi connectivity index (χ1n) is 10.7. The summed E-state index contributed by atoms with van der Waals surface area (Å²) in [6, 6.07) is 6.82. The van der Waals surface area contributed by atoms with Gasteiger partial charge in [0, 0.05) is 35.8 Å². The van der Waals surface area contributed by atoms with E-state index in [0.29, 0.717) is 30.3 Å². The summed E-state index contributed by atoms with van der Waals surface area (Å²) in [5, 5.41) is 15.9. The summed E-state index contributed by atoms with van der Waals surface area (Å²) in [6.07, 6.45) is 8.25. The third-order valence-electron chi connectivity index (χ3n) is 6.29. The van der Waals surface area contributed by atoms with Crippen LogP contribution in [0.25, 0.3) is 10.7 Å². The van der Waals surface area contributed by atoms with Gasteiger partial charge >= 0.3 is 0 Å². The predicted molar refractivity (Wildman–Crippen MR) is 119 cm³/mol. The van der Waals surface area contributed by atoms with Crippen LogP contribution in [0.5, 0.6) is 0 Å². The number of aromatic nitrogens is 4. The van der Waals surface area contributed by atoms with Crippen molar-refractivity contribution in [3.05, 3.63) is 53.0 Å². The molecule has 0 spiro atoms. The Morgan fingerprint density at radius 3 is 2.78 bits per heavy atom. The minimum atomic E-state index is -0.296. The maximum atomic E-state index is 14.3. The maximum absolute atomic E-state index is 14.3. The highest BCUT2D eigenvalue weighted by molar-refractivity contribution is 7.15. The van der Waals surface area contributed by atoms with Crippen LogP contribution in [0, 0.1) is 5.82 Å². The lowest BCUT2D eigenvalue weighted by Crippen LogP contribution is -2.53. The summed E-state index contributed by atoms with van der Waals surface area (Å²) in [4.78, 5) is 22.8. The Balaban J connectivity index is 1.22. The van der Waals surface area contributed by atoms with Gasteiger partial charge in [-0.3, -0.25) is 15.1 Å². The molecule has 5 rings (SSSR count). The molecule has 1 saturated heterocycles. The number of carbonyl (C=O) groups is 1. The van der Waals surface area contributed by atoms with Gasteiger partial charge in [-0.05, 0) is 43.5 Å². The van der Waals surface area contributed by atoms with Gasteiger partial charge in [0.2, 0.25) is 6.41 Å². The minimum absolute atomic E-state index is 0.113. The molecule has 1 aliphatic heterocycles. The molecule has 0 bridgehead atoms. The largest absolute Gasteiger partial charge is 0.368 e. The molecule has 2 N–H and O–H groups in total. The fourth-order valence-corrected chi connectivity index (χ4v) is 5.02. The number of rotatable bonds is 9. The first kappa shape index (κ1) is 20.9. The average molecular weight is 454 g/mol. The van der Waals surface area contributed by atoms with Crippen LogP contribution in [0.3, 0.4) is 0 Å². The molecule has 166 valence electrons. The number of amides is 1. The fourth-order valence-electron chi connectivity index (χ4n) is 4.13. The van der Waals surface area contributed by atoms with Crippen molar-refractivity contribution in [3.63, 3.8) is 0 Å². The van der Waals surface area contributed by atoms with Crippen molar-refractivity contribution in [3.8, 4) is 10.7 Å². The number of halogens is 1. The van der Waals surface area contributed by atoms with Gasteiger partial charge in [-0.1, -0.05) is 6.42 Å². The van der Waals surface area contributed by atoms with Crippen LogP contribution in [-0.4, -0.2) is 50.7 Å². The first-order chi connectivity index (χ1) is 15.7. The van der Waals surface area contributed by atoms with E-state index in [0.717, 1.165) is 48.5 Å². The Morgan fingerprint density at radius 2 is 2.16 bits per heavy atom. The van der Waals surface area contributed by atoms with E-state index in [1.165, 1.54) is 17.4 Å². The number of hydrogen-bond acceptors (Lipinski definition) is 8. The molecule has 3 aromatic rings. The molecule has 32 heavy (non-hydrogen) atoms.